The van der Waals surface area contributed by atoms with Crippen LogP contribution in [0.15, 0.2) is 89.4 Å². The summed E-state index contributed by atoms with van der Waals surface area (Å²) < 4.78 is 12.7. The monoisotopic (exact) mass is 595 g/mol. The van der Waals surface area contributed by atoms with Gasteiger partial charge in [-0.2, -0.15) is 0 Å². The van der Waals surface area contributed by atoms with E-state index in [1.807, 2.05) is 44.2 Å². The topological polar surface area (TPSA) is 123 Å². The molecular weight excluding hydrogens is 562 g/mol. The van der Waals surface area contributed by atoms with Gasteiger partial charge in [0.05, 0.1) is 18.0 Å². The van der Waals surface area contributed by atoms with Crippen LogP contribution in [0.2, 0.25) is 0 Å². The number of nitrogen functional groups attached to an aromatic ring is 1. The molecule has 2 amide bonds. The quantitative estimate of drug-likeness (QED) is 0.136. The lowest BCUT2D eigenvalue weighted by Crippen LogP contribution is -2.29. The first-order valence-electron chi connectivity index (χ1n) is 12.6. The summed E-state index contributed by atoms with van der Waals surface area (Å²) >= 11 is 3.38. The number of benzene rings is 3. The van der Waals surface area contributed by atoms with E-state index in [1.165, 1.54) is 6.08 Å². The molecule has 0 radical (unpaired) electrons. The van der Waals surface area contributed by atoms with E-state index in [-0.39, 0.29) is 19.1 Å². The van der Waals surface area contributed by atoms with Crippen molar-refractivity contribution in [2.75, 3.05) is 29.6 Å². The average molecular weight is 597 g/mol. The van der Waals surface area contributed by atoms with Gasteiger partial charge in [0.1, 0.15) is 18.5 Å². The zero-order valence-corrected chi connectivity index (χ0v) is 23.6. The van der Waals surface area contributed by atoms with Crippen molar-refractivity contribution in [3.05, 3.63) is 95.0 Å². The molecule has 0 spiro atoms. The summed E-state index contributed by atoms with van der Waals surface area (Å²) in [6.07, 6.45) is 3.10. The van der Waals surface area contributed by atoms with Crippen LogP contribution in [0.4, 0.5) is 21.9 Å². The first kappa shape index (κ1) is 29.7. The predicted octanol–water partition coefficient (Wildman–Crippen LogP) is 6.69. The molecule has 3 aromatic carbocycles. The number of carbonyl (C=O) groups excluding carboxylic acids is 2. The normalized spacial score (nSPS) is 12.1. The number of ether oxygens (including phenoxy) is 2. The van der Waals surface area contributed by atoms with Gasteiger partial charge in [-0.05, 0) is 61.4 Å². The maximum atomic E-state index is 13.0. The highest BCUT2D eigenvalue weighted by atomic mass is 79.9. The zero-order valence-electron chi connectivity index (χ0n) is 22.0. The van der Waals surface area contributed by atoms with Gasteiger partial charge in [0.25, 0.3) is 0 Å². The molecule has 1 atom stereocenters. The number of amides is 2. The Morgan fingerprint density at radius 2 is 1.72 bits per heavy atom. The van der Waals surface area contributed by atoms with Crippen molar-refractivity contribution >= 4 is 45.0 Å². The Kier molecular flexibility index (Phi) is 11.0. The lowest BCUT2D eigenvalue weighted by atomic mass is 9.78. The second-order valence-electron chi connectivity index (χ2n) is 9.53. The van der Waals surface area contributed by atoms with Crippen molar-refractivity contribution in [1.29, 1.82) is 0 Å². The van der Waals surface area contributed by atoms with Crippen LogP contribution in [-0.4, -0.2) is 30.3 Å². The number of allylic oxidation sites excluding steroid dienone is 1. The summed E-state index contributed by atoms with van der Waals surface area (Å²) in [5.74, 6) is 0.242. The number of rotatable bonds is 12. The van der Waals surface area contributed by atoms with Crippen molar-refractivity contribution in [3.8, 4) is 5.75 Å². The molecule has 5 N–H and O–H groups in total. The molecule has 0 saturated heterocycles. The van der Waals surface area contributed by atoms with Gasteiger partial charge < -0.3 is 25.6 Å². The van der Waals surface area contributed by atoms with Crippen molar-refractivity contribution in [2.45, 2.75) is 32.8 Å². The highest BCUT2D eigenvalue weighted by Gasteiger charge is 2.35. The smallest absolute Gasteiger partial charge is 0.412 e. The van der Waals surface area contributed by atoms with Gasteiger partial charge >= 0.3 is 6.09 Å². The van der Waals surface area contributed by atoms with Crippen LogP contribution in [-0.2, 0) is 9.53 Å². The maximum Gasteiger partial charge on any atom is 0.412 e. The van der Waals surface area contributed by atoms with Gasteiger partial charge in [0.15, 0.2) is 0 Å². The number of hydrogen-bond acceptors (Lipinski definition) is 6. The summed E-state index contributed by atoms with van der Waals surface area (Å²) in [5, 5.41) is 14.8. The molecule has 0 saturated carbocycles. The first-order chi connectivity index (χ1) is 18.7. The molecule has 9 heteroatoms. The second kappa shape index (κ2) is 14.4. The Morgan fingerprint density at radius 3 is 2.44 bits per heavy atom. The molecule has 3 rings (SSSR count). The minimum absolute atomic E-state index is 0.110. The van der Waals surface area contributed by atoms with E-state index < -0.39 is 17.6 Å². The fourth-order valence-corrected chi connectivity index (χ4v) is 4.24. The van der Waals surface area contributed by atoms with Crippen LogP contribution in [0.3, 0.4) is 0 Å². The minimum atomic E-state index is -0.686. The Bertz CT molecular complexity index is 1280. The zero-order chi connectivity index (χ0) is 28.3. The van der Waals surface area contributed by atoms with Crippen LogP contribution < -0.4 is 21.1 Å². The van der Waals surface area contributed by atoms with Gasteiger partial charge in [-0.1, -0.05) is 66.2 Å². The van der Waals surface area contributed by atoms with E-state index in [0.29, 0.717) is 41.2 Å². The summed E-state index contributed by atoms with van der Waals surface area (Å²) in [4.78, 5) is 25.3. The molecular formula is C30H34BrN3O5. The predicted molar refractivity (Wildman–Crippen MR) is 158 cm³/mol. The van der Waals surface area contributed by atoms with Gasteiger partial charge in [-0.3, -0.25) is 10.1 Å². The molecule has 0 aliphatic rings. The van der Waals surface area contributed by atoms with Crippen LogP contribution in [0.5, 0.6) is 5.75 Å². The Labute approximate surface area is 237 Å². The van der Waals surface area contributed by atoms with Gasteiger partial charge in [0.2, 0.25) is 5.91 Å². The largest absolute Gasteiger partial charge is 0.491 e. The average Bonchev–Trinajstić information content (AvgIpc) is 2.91. The number of para-hydroxylation sites is 3. The van der Waals surface area contributed by atoms with Crippen molar-refractivity contribution in [1.82, 2.24) is 0 Å². The Balaban J connectivity index is 1.74. The standard InChI is InChI=1S/C30H34BrN3O5/c1-30(2,18-8-7-13-27(36)34-25-11-5-4-10-24(25)32)28(23-9-3-6-12-26(23)38-20-19-35)39-29(37)33-22-16-14-21(31)15-17-22/h3-7,9-17,28,35H,8,18-20,32H2,1-2H3,(H,33,37)(H,34,36)/b13-7+/t28-/m1/s1. The van der Waals surface area contributed by atoms with E-state index in [9.17, 15) is 14.7 Å². The Hall–Kier alpha value is -3.82. The van der Waals surface area contributed by atoms with Gasteiger partial charge in [0, 0.05) is 21.1 Å². The third-order valence-corrected chi connectivity index (χ3v) is 6.55. The number of aliphatic hydroxyl groups is 1. The third-order valence-electron chi connectivity index (χ3n) is 6.02. The van der Waals surface area contributed by atoms with Crippen molar-refractivity contribution < 1.29 is 24.2 Å². The lowest BCUT2D eigenvalue weighted by Gasteiger charge is -2.35. The number of nitrogens with two attached hydrogens (primary N) is 1. The second-order valence-corrected chi connectivity index (χ2v) is 10.4. The summed E-state index contributed by atoms with van der Waals surface area (Å²) in [6, 6.07) is 21.5. The van der Waals surface area contributed by atoms with E-state index in [2.05, 4.69) is 26.6 Å². The highest BCUT2D eigenvalue weighted by Crippen LogP contribution is 2.44. The van der Waals surface area contributed by atoms with Crippen LogP contribution >= 0.6 is 15.9 Å². The molecule has 206 valence electrons. The number of halogens is 1. The van der Waals surface area contributed by atoms with E-state index in [1.54, 1.807) is 48.5 Å². The number of aliphatic hydroxyl groups excluding tert-OH is 1. The molecule has 0 aliphatic carbocycles. The number of nitrogens with one attached hydrogen (secondary N) is 2. The SMILES string of the molecule is CC(C)(CC/C=C/C(=O)Nc1ccccc1N)[C@H](OC(=O)Nc1ccc(Br)cc1)c1ccccc1OCCO. The summed E-state index contributed by atoms with van der Waals surface area (Å²) in [5.41, 5.74) is 7.66. The Morgan fingerprint density at radius 1 is 1.03 bits per heavy atom. The van der Waals surface area contributed by atoms with E-state index in [0.717, 1.165) is 4.47 Å². The maximum absolute atomic E-state index is 13.0. The van der Waals surface area contributed by atoms with Gasteiger partial charge in [-0.25, -0.2) is 4.79 Å². The third kappa shape index (κ3) is 9.15. The molecule has 3 aromatic rings. The number of anilines is 3. The van der Waals surface area contributed by atoms with Crippen molar-refractivity contribution in [3.63, 3.8) is 0 Å². The summed E-state index contributed by atoms with van der Waals surface area (Å²) in [7, 11) is 0. The molecule has 0 aromatic heterocycles. The van der Waals surface area contributed by atoms with Crippen LogP contribution in [0, 0.1) is 5.41 Å². The van der Waals surface area contributed by atoms with Gasteiger partial charge in [-0.15, -0.1) is 0 Å². The fraction of sp³-hybridized carbons (Fsp3) is 0.267. The molecule has 0 unspecified atom stereocenters. The first-order valence-corrected chi connectivity index (χ1v) is 13.4. The highest BCUT2D eigenvalue weighted by molar-refractivity contribution is 9.10. The van der Waals surface area contributed by atoms with E-state index >= 15 is 0 Å². The minimum Gasteiger partial charge on any atom is -0.491 e. The molecule has 0 aliphatic heterocycles. The molecule has 8 nitrogen and oxygen atoms in total. The lowest BCUT2D eigenvalue weighted by molar-refractivity contribution is -0.111. The summed E-state index contributed by atoms with van der Waals surface area (Å²) in [6.45, 7) is 3.95. The van der Waals surface area contributed by atoms with E-state index in [4.69, 9.17) is 15.2 Å². The van der Waals surface area contributed by atoms with Crippen molar-refractivity contribution in [2.24, 2.45) is 5.41 Å². The molecule has 0 heterocycles. The van der Waals surface area contributed by atoms with Crippen LogP contribution in [0.1, 0.15) is 38.4 Å². The molecule has 0 bridgehead atoms. The molecule has 39 heavy (non-hydrogen) atoms. The number of carbonyl (C=O) groups is 2. The fourth-order valence-electron chi connectivity index (χ4n) is 3.98. The van der Waals surface area contributed by atoms with Crippen LogP contribution in [0.25, 0.3) is 0 Å². The molecule has 0 fully saturated rings. The number of hydrogen-bond donors (Lipinski definition) is 4.